The Bertz CT molecular complexity index is 738. The molecule has 1 aromatic carbocycles. The number of nitrogens with one attached hydrogen (secondary N) is 2. The molecule has 5 nitrogen and oxygen atoms in total. The number of sulfonamides is 1. The summed E-state index contributed by atoms with van der Waals surface area (Å²) in [5.74, 6) is 0.00371. The van der Waals surface area contributed by atoms with Crippen molar-refractivity contribution >= 4 is 43.5 Å². The number of halogens is 1. The Hall–Kier alpha value is -0.640. The summed E-state index contributed by atoms with van der Waals surface area (Å²) in [7, 11) is 2.24. The lowest BCUT2D eigenvalue weighted by atomic mass is 10.1. The molecule has 0 aliphatic heterocycles. The molecule has 1 heterocycles. The average Bonchev–Trinajstić information content (AvgIpc) is 2.73. The normalized spacial score (nSPS) is 12.4. The molecule has 0 fully saturated rings. The van der Waals surface area contributed by atoms with Gasteiger partial charge >= 0.3 is 0 Å². The summed E-state index contributed by atoms with van der Waals surface area (Å²) in [6, 6.07) is 5.78. The van der Waals surface area contributed by atoms with E-state index in [0.29, 0.717) is 0 Å². The van der Waals surface area contributed by atoms with Gasteiger partial charge in [-0.1, -0.05) is 12.1 Å². The summed E-state index contributed by atoms with van der Waals surface area (Å²) < 4.78 is 27.2. The number of aromatic nitrogens is 1. The second-order valence-corrected chi connectivity index (χ2v) is 8.28. The predicted molar refractivity (Wildman–Crippen MR) is 95.0 cm³/mol. The molecule has 1 aromatic heterocycles. The van der Waals surface area contributed by atoms with Crippen LogP contribution in [0.1, 0.15) is 11.1 Å². The van der Waals surface area contributed by atoms with Crippen molar-refractivity contribution in [3.8, 4) is 0 Å². The van der Waals surface area contributed by atoms with Crippen molar-refractivity contribution in [3.63, 3.8) is 0 Å². The largest absolute Gasteiger partial charge is 0.350 e. The van der Waals surface area contributed by atoms with Crippen LogP contribution >= 0.6 is 22.6 Å². The Morgan fingerprint density at radius 1 is 1.33 bits per heavy atom. The van der Waals surface area contributed by atoms with E-state index in [1.54, 1.807) is 0 Å². The molecule has 0 atom stereocenters. The molecule has 0 radical (unpaired) electrons. The van der Waals surface area contributed by atoms with E-state index in [4.69, 9.17) is 0 Å². The van der Waals surface area contributed by atoms with E-state index in [-0.39, 0.29) is 5.75 Å². The number of benzene rings is 1. The number of fused-ring (bicyclic) bond motifs is 1. The Morgan fingerprint density at radius 2 is 2.05 bits per heavy atom. The van der Waals surface area contributed by atoms with Gasteiger partial charge < -0.3 is 9.88 Å². The average molecular weight is 421 g/mol. The maximum absolute atomic E-state index is 11.9. The third-order valence-electron chi connectivity index (χ3n) is 3.43. The number of likely N-dealkylation sites (N-methyl/N-ethyl adjacent to an activating group) is 1. The highest BCUT2D eigenvalue weighted by Gasteiger charge is 2.17. The van der Waals surface area contributed by atoms with E-state index in [9.17, 15) is 8.42 Å². The fourth-order valence-corrected chi connectivity index (χ4v) is 3.96. The Kier molecular flexibility index (Phi) is 5.29. The van der Waals surface area contributed by atoms with E-state index in [1.807, 2.05) is 32.3 Å². The van der Waals surface area contributed by atoms with Gasteiger partial charge in [-0.2, -0.15) is 0 Å². The summed E-state index contributed by atoms with van der Waals surface area (Å²) in [5.41, 5.74) is 3.04. The molecule has 0 saturated heterocycles. The molecule has 0 unspecified atom stereocenters. The van der Waals surface area contributed by atoms with Gasteiger partial charge in [0.15, 0.2) is 0 Å². The summed E-state index contributed by atoms with van der Waals surface area (Å²) in [4.78, 5) is 5.47. The van der Waals surface area contributed by atoms with Crippen LogP contribution in [0.2, 0.25) is 0 Å². The Balaban J connectivity index is 2.51. The number of H-pyrrole nitrogens is 1. The summed E-state index contributed by atoms with van der Waals surface area (Å²) in [6.45, 7) is 0.927. The highest BCUT2D eigenvalue weighted by atomic mass is 127. The molecule has 7 heteroatoms. The molecule has 0 spiro atoms. The molecule has 116 valence electrons. The third-order valence-corrected chi connectivity index (χ3v) is 5.66. The summed E-state index contributed by atoms with van der Waals surface area (Å²) in [5, 5.41) is 1.04. The minimum absolute atomic E-state index is 0.00371. The number of rotatable bonds is 6. The van der Waals surface area contributed by atoms with Crippen molar-refractivity contribution in [1.82, 2.24) is 14.6 Å². The maximum atomic E-state index is 11.9. The van der Waals surface area contributed by atoms with Crippen LogP contribution in [0.15, 0.2) is 18.2 Å². The lowest BCUT2D eigenvalue weighted by molar-refractivity contribution is 0.414. The predicted octanol–water partition coefficient (Wildman–Crippen LogP) is 1.93. The van der Waals surface area contributed by atoms with Gasteiger partial charge in [0, 0.05) is 17.4 Å². The fraction of sp³-hybridized carbons (Fsp3) is 0.429. The van der Waals surface area contributed by atoms with Crippen LogP contribution in [0, 0.1) is 3.70 Å². The van der Waals surface area contributed by atoms with Gasteiger partial charge in [-0.05, 0) is 67.3 Å². The number of hydrogen-bond donors (Lipinski definition) is 2. The van der Waals surface area contributed by atoms with E-state index < -0.39 is 10.0 Å². The number of aromatic amines is 1. The molecule has 21 heavy (non-hydrogen) atoms. The van der Waals surface area contributed by atoms with Crippen LogP contribution in [0.5, 0.6) is 0 Å². The first kappa shape index (κ1) is 16.7. The molecular formula is C14H20IN3O2S. The Morgan fingerprint density at radius 3 is 2.67 bits per heavy atom. The topological polar surface area (TPSA) is 65.2 Å². The lowest BCUT2D eigenvalue weighted by Crippen LogP contribution is -2.20. The van der Waals surface area contributed by atoms with E-state index in [2.05, 4.69) is 37.2 Å². The van der Waals surface area contributed by atoms with Crippen molar-refractivity contribution in [2.45, 2.75) is 12.2 Å². The zero-order chi connectivity index (χ0) is 15.6. The second kappa shape index (κ2) is 6.64. The van der Waals surface area contributed by atoms with E-state index in [0.717, 1.165) is 33.1 Å². The molecule has 0 aliphatic rings. The minimum atomic E-state index is -3.28. The zero-order valence-corrected chi connectivity index (χ0v) is 15.4. The van der Waals surface area contributed by atoms with Gasteiger partial charge in [-0.3, -0.25) is 0 Å². The van der Waals surface area contributed by atoms with Crippen LogP contribution in [-0.2, 0) is 22.2 Å². The number of nitrogens with zero attached hydrogens (tertiary/aromatic N) is 1. The quantitative estimate of drug-likeness (QED) is 0.701. The molecule has 0 amide bonds. The van der Waals surface area contributed by atoms with Crippen molar-refractivity contribution in [3.05, 3.63) is 33.0 Å². The first-order chi connectivity index (χ1) is 9.84. The van der Waals surface area contributed by atoms with Crippen LogP contribution in [0.4, 0.5) is 0 Å². The van der Waals surface area contributed by atoms with Gasteiger partial charge in [-0.25, -0.2) is 13.1 Å². The van der Waals surface area contributed by atoms with Crippen molar-refractivity contribution < 1.29 is 8.42 Å². The summed E-state index contributed by atoms with van der Waals surface area (Å²) >= 11 is 2.28. The zero-order valence-electron chi connectivity index (χ0n) is 12.4. The van der Waals surface area contributed by atoms with Crippen LogP contribution in [-0.4, -0.2) is 46.0 Å². The second-order valence-electron chi connectivity index (χ2n) is 5.27. The van der Waals surface area contributed by atoms with Crippen LogP contribution < -0.4 is 4.72 Å². The van der Waals surface area contributed by atoms with E-state index in [1.165, 1.54) is 12.6 Å². The molecule has 0 saturated carbocycles. The summed E-state index contributed by atoms with van der Waals surface area (Å²) in [6.07, 6.45) is 0.891. The first-order valence-electron chi connectivity index (χ1n) is 6.68. The van der Waals surface area contributed by atoms with Gasteiger partial charge in [0.25, 0.3) is 0 Å². The van der Waals surface area contributed by atoms with Crippen molar-refractivity contribution in [2.75, 3.05) is 27.7 Å². The minimum Gasteiger partial charge on any atom is -0.350 e. The number of hydrogen-bond acceptors (Lipinski definition) is 3. The highest BCUT2D eigenvalue weighted by molar-refractivity contribution is 14.1. The SMILES string of the molecule is CNS(=O)(=O)Cc1cccc2[nH]c(I)c(CCN(C)C)c12. The fourth-order valence-electron chi connectivity index (χ4n) is 2.33. The van der Waals surface area contributed by atoms with E-state index >= 15 is 0 Å². The first-order valence-corrected chi connectivity index (χ1v) is 9.41. The van der Waals surface area contributed by atoms with Crippen molar-refractivity contribution in [2.24, 2.45) is 0 Å². The molecule has 2 N–H and O–H groups in total. The van der Waals surface area contributed by atoms with Gasteiger partial charge in [0.1, 0.15) is 0 Å². The molecule has 0 aliphatic carbocycles. The monoisotopic (exact) mass is 421 g/mol. The molecule has 2 rings (SSSR count). The Labute approximate surface area is 139 Å². The van der Waals surface area contributed by atoms with Gasteiger partial charge in [-0.15, -0.1) is 0 Å². The maximum Gasteiger partial charge on any atom is 0.215 e. The van der Waals surface area contributed by atoms with Crippen LogP contribution in [0.25, 0.3) is 10.9 Å². The molecule has 2 aromatic rings. The molecular weight excluding hydrogens is 401 g/mol. The smallest absolute Gasteiger partial charge is 0.215 e. The third kappa shape index (κ3) is 3.97. The lowest BCUT2D eigenvalue weighted by Gasteiger charge is -2.11. The van der Waals surface area contributed by atoms with Crippen LogP contribution in [0.3, 0.4) is 0 Å². The standard InChI is InChI=1S/C14H20IN3O2S/c1-16-21(19,20)9-10-5-4-6-12-13(10)11(14(15)17-12)7-8-18(2)3/h4-6,16-17H,7-9H2,1-3H3. The van der Waals surface area contributed by atoms with Gasteiger partial charge in [0.2, 0.25) is 10.0 Å². The van der Waals surface area contributed by atoms with Crippen molar-refractivity contribution in [1.29, 1.82) is 0 Å². The van der Waals surface area contributed by atoms with Gasteiger partial charge in [0.05, 0.1) is 9.45 Å². The highest BCUT2D eigenvalue weighted by Crippen LogP contribution is 2.28. The molecule has 0 bridgehead atoms.